The number of hydrogen-bond donors (Lipinski definition) is 0. The molecule has 132 valence electrons. The molecule has 2 aromatic rings. The first-order valence-corrected chi connectivity index (χ1v) is 9.04. The molecule has 0 amide bonds. The first-order valence-electron chi connectivity index (χ1n) is 9.04. The van der Waals surface area contributed by atoms with Crippen LogP contribution in [0.3, 0.4) is 0 Å². The maximum absolute atomic E-state index is 4.53. The summed E-state index contributed by atoms with van der Waals surface area (Å²) in [7, 11) is 0. The molecule has 1 atom stereocenters. The molecule has 1 fully saturated rings. The Bertz CT molecular complexity index is 646. The van der Waals surface area contributed by atoms with Crippen LogP contribution in [-0.4, -0.2) is 52.5 Å². The van der Waals surface area contributed by atoms with Crippen LogP contribution in [0, 0.1) is 13.8 Å². The highest BCUT2D eigenvalue weighted by atomic mass is 15.5. The SMILES string of the molecule is CCCCn1nnnc1CN1CCCC[C@@H]1Cn1nc(C)nc1C. The third kappa shape index (κ3) is 3.98. The smallest absolute Gasteiger partial charge is 0.165 e. The van der Waals surface area contributed by atoms with Crippen molar-refractivity contribution in [1.29, 1.82) is 0 Å². The molecule has 8 heteroatoms. The molecule has 0 aliphatic carbocycles. The van der Waals surface area contributed by atoms with E-state index in [1.54, 1.807) is 0 Å². The van der Waals surface area contributed by atoms with Gasteiger partial charge < -0.3 is 0 Å². The molecule has 0 saturated carbocycles. The zero-order chi connectivity index (χ0) is 16.9. The largest absolute Gasteiger partial charge is 0.291 e. The van der Waals surface area contributed by atoms with Gasteiger partial charge in [0, 0.05) is 12.6 Å². The minimum atomic E-state index is 0.467. The quantitative estimate of drug-likeness (QED) is 0.768. The van der Waals surface area contributed by atoms with E-state index in [0.717, 1.165) is 56.5 Å². The van der Waals surface area contributed by atoms with Crippen LogP contribution >= 0.6 is 0 Å². The second kappa shape index (κ2) is 7.83. The summed E-state index contributed by atoms with van der Waals surface area (Å²) in [6.45, 7) is 9.86. The van der Waals surface area contributed by atoms with E-state index in [1.807, 2.05) is 23.2 Å². The number of tetrazole rings is 1. The molecule has 0 spiro atoms. The Balaban J connectivity index is 1.68. The molecule has 1 aliphatic heterocycles. The molecule has 3 rings (SSSR count). The van der Waals surface area contributed by atoms with Crippen LogP contribution in [0.1, 0.15) is 56.5 Å². The van der Waals surface area contributed by atoms with Crippen molar-refractivity contribution < 1.29 is 0 Å². The lowest BCUT2D eigenvalue weighted by molar-refractivity contribution is 0.116. The first-order chi connectivity index (χ1) is 11.7. The molecular weight excluding hydrogens is 304 g/mol. The monoisotopic (exact) mass is 332 g/mol. The van der Waals surface area contributed by atoms with Crippen molar-refractivity contribution in [3.63, 3.8) is 0 Å². The summed E-state index contributed by atoms with van der Waals surface area (Å²) in [5.41, 5.74) is 0. The van der Waals surface area contributed by atoms with Crippen LogP contribution in [0.4, 0.5) is 0 Å². The van der Waals surface area contributed by atoms with Gasteiger partial charge in [-0.15, -0.1) is 5.10 Å². The van der Waals surface area contributed by atoms with E-state index in [9.17, 15) is 0 Å². The van der Waals surface area contributed by atoms with Gasteiger partial charge in [-0.25, -0.2) is 14.3 Å². The molecule has 24 heavy (non-hydrogen) atoms. The molecule has 1 saturated heterocycles. The number of hydrogen-bond acceptors (Lipinski definition) is 6. The fourth-order valence-electron chi connectivity index (χ4n) is 3.41. The molecule has 3 heterocycles. The maximum atomic E-state index is 4.53. The average Bonchev–Trinajstić information content (AvgIpc) is 3.13. The second-order valence-corrected chi connectivity index (χ2v) is 6.68. The molecule has 1 aliphatic rings. The zero-order valence-corrected chi connectivity index (χ0v) is 15.0. The Hall–Kier alpha value is -1.83. The molecule has 0 radical (unpaired) electrons. The molecule has 0 N–H and O–H groups in total. The van der Waals surface area contributed by atoms with Gasteiger partial charge in [-0.2, -0.15) is 5.10 Å². The van der Waals surface area contributed by atoms with Gasteiger partial charge >= 0.3 is 0 Å². The summed E-state index contributed by atoms with van der Waals surface area (Å²) < 4.78 is 4.00. The number of piperidine rings is 1. The van der Waals surface area contributed by atoms with Crippen LogP contribution in [0.5, 0.6) is 0 Å². The van der Waals surface area contributed by atoms with E-state index in [4.69, 9.17) is 0 Å². The Morgan fingerprint density at radius 3 is 2.79 bits per heavy atom. The zero-order valence-electron chi connectivity index (χ0n) is 15.0. The summed E-state index contributed by atoms with van der Waals surface area (Å²) in [5, 5.41) is 16.8. The molecule has 2 aromatic heterocycles. The normalized spacial score (nSPS) is 19.0. The topological polar surface area (TPSA) is 77.5 Å². The lowest BCUT2D eigenvalue weighted by atomic mass is 10.0. The Kier molecular flexibility index (Phi) is 5.55. The molecule has 0 bridgehead atoms. The van der Waals surface area contributed by atoms with Gasteiger partial charge in [-0.1, -0.05) is 19.8 Å². The van der Waals surface area contributed by atoms with Gasteiger partial charge in [0.1, 0.15) is 11.6 Å². The van der Waals surface area contributed by atoms with E-state index in [1.165, 1.54) is 19.3 Å². The van der Waals surface area contributed by atoms with Crippen molar-refractivity contribution >= 4 is 0 Å². The highest BCUT2D eigenvalue weighted by Crippen LogP contribution is 2.20. The fraction of sp³-hybridized carbons (Fsp3) is 0.812. The van der Waals surface area contributed by atoms with E-state index < -0.39 is 0 Å². The van der Waals surface area contributed by atoms with Gasteiger partial charge in [-0.05, 0) is 50.1 Å². The molecule has 8 nitrogen and oxygen atoms in total. The van der Waals surface area contributed by atoms with Crippen molar-refractivity contribution in [2.75, 3.05) is 6.54 Å². The van der Waals surface area contributed by atoms with Crippen LogP contribution in [0.2, 0.25) is 0 Å². The van der Waals surface area contributed by atoms with Crippen LogP contribution in [0.25, 0.3) is 0 Å². The number of rotatable bonds is 7. The van der Waals surface area contributed by atoms with Crippen molar-refractivity contribution in [2.45, 2.75) is 78.6 Å². The Morgan fingerprint density at radius 2 is 2.04 bits per heavy atom. The predicted octanol–water partition coefficient (Wildman–Crippen LogP) is 1.74. The third-order valence-electron chi connectivity index (χ3n) is 4.77. The highest BCUT2D eigenvalue weighted by Gasteiger charge is 2.25. The van der Waals surface area contributed by atoms with Gasteiger partial charge in [0.2, 0.25) is 0 Å². The summed E-state index contributed by atoms with van der Waals surface area (Å²) in [6, 6.07) is 0.467. The first kappa shape index (κ1) is 17.0. The van der Waals surface area contributed by atoms with Crippen molar-refractivity contribution in [2.24, 2.45) is 0 Å². The fourth-order valence-corrected chi connectivity index (χ4v) is 3.41. The third-order valence-corrected chi connectivity index (χ3v) is 4.77. The molecule has 0 unspecified atom stereocenters. The van der Waals surface area contributed by atoms with Crippen molar-refractivity contribution in [3.05, 3.63) is 17.5 Å². The average molecular weight is 332 g/mol. The van der Waals surface area contributed by atoms with Crippen molar-refractivity contribution in [3.8, 4) is 0 Å². The van der Waals surface area contributed by atoms with Crippen LogP contribution in [-0.2, 0) is 19.6 Å². The van der Waals surface area contributed by atoms with Crippen LogP contribution < -0.4 is 0 Å². The van der Waals surface area contributed by atoms with Crippen LogP contribution in [0.15, 0.2) is 0 Å². The number of likely N-dealkylation sites (tertiary alicyclic amines) is 1. The standard InChI is InChI=1S/C16H28N8/c1-4-5-10-23-16(18-20-21-23)12-22-9-7-6-8-15(22)11-24-14(3)17-13(2)19-24/h15H,4-12H2,1-3H3/t15-/m1/s1. The lowest BCUT2D eigenvalue weighted by Crippen LogP contribution is -2.42. The minimum absolute atomic E-state index is 0.467. The Morgan fingerprint density at radius 1 is 1.17 bits per heavy atom. The van der Waals surface area contributed by atoms with Crippen molar-refractivity contribution in [1.82, 2.24) is 39.9 Å². The number of aromatic nitrogens is 7. The van der Waals surface area contributed by atoms with Gasteiger partial charge in [-0.3, -0.25) is 4.90 Å². The predicted molar refractivity (Wildman–Crippen MR) is 90.3 cm³/mol. The second-order valence-electron chi connectivity index (χ2n) is 6.68. The summed E-state index contributed by atoms with van der Waals surface area (Å²) >= 11 is 0. The van der Waals surface area contributed by atoms with E-state index in [-0.39, 0.29) is 0 Å². The summed E-state index contributed by atoms with van der Waals surface area (Å²) in [6.07, 6.45) is 5.96. The minimum Gasteiger partial charge on any atom is -0.291 e. The summed E-state index contributed by atoms with van der Waals surface area (Å²) in [4.78, 5) is 6.93. The van der Waals surface area contributed by atoms with E-state index in [0.29, 0.717) is 6.04 Å². The lowest BCUT2D eigenvalue weighted by Gasteiger charge is -2.35. The molecule has 0 aromatic carbocycles. The summed E-state index contributed by atoms with van der Waals surface area (Å²) in [5.74, 6) is 2.81. The van der Waals surface area contributed by atoms with Gasteiger partial charge in [0.05, 0.1) is 13.1 Å². The molecular formula is C16H28N8. The highest BCUT2D eigenvalue weighted by molar-refractivity contribution is 4.91. The Labute approximate surface area is 143 Å². The maximum Gasteiger partial charge on any atom is 0.165 e. The van der Waals surface area contributed by atoms with Gasteiger partial charge in [0.15, 0.2) is 5.82 Å². The number of aryl methyl sites for hydroxylation is 3. The number of nitrogens with zero attached hydrogens (tertiary/aromatic N) is 8. The number of unbranched alkanes of at least 4 members (excludes halogenated alkanes) is 1. The van der Waals surface area contributed by atoms with E-state index >= 15 is 0 Å². The van der Waals surface area contributed by atoms with Gasteiger partial charge in [0.25, 0.3) is 0 Å². The van der Waals surface area contributed by atoms with E-state index in [2.05, 4.69) is 37.4 Å².